The smallest absolute Gasteiger partial charge is 0.430 e. The molecule has 0 aliphatic rings. The minimum atomic E-state index is -0.375. The van der Waals surface area contributed by atoms with Crippen molar-refractivity contribution in [3.05, 3.63) is 0 Å². The van der Waals surface area contributed by atoms with Gasteiger partial charge >= 0.3 is 15.4 Å². The second kappa shape index (κ2) is 5.97. The van der Waals surface area contributed by atoms with Crippen molar-refractivity contribution in [2.45, 2.75) is 0 Å². The Labute approximate surface area is 42.7 Å². The van der Waals surface area contributed by atoms with Crippen LogP contribution in [0.4, 0.5) is 0 Å². The van der Waals surface area contributed by atoms with E-state index in [2.05, 4.69) is 9.31 Å². The van der Waals surface area contributed by atoms with Crippen molar-refractivity contribution in [2.24, 2.45) is 0 Å². The van der Waals surface area contributed by atoms with Crippen molar-refractivity contribution in [3.8, 4) is 0 Å². The lowest BCUT2D eigenvalue weighted by molar-refractivity contribution is 0.0991. The van der Waals surface area contributed by atoms with E-state index in [0.29, 0.717) is 0 Å². The first kappa shape index (κ1) is 6.97. The van der Waals surface area contributed by atoms with Gasteiger partial charge in [-0.3, -0.25) is 0 Å². The largest absolute Gasteiger partial charge is 0.436 e. The number of hydrogen-bond acceptors (Lipinski definition) is 4. The second-order valence-electron chi connectivity index (χ2n) is 0.784. The van der Waals surface area contributed by atoms with Crippen molar-refractivity contribution < 1.29 is 19.4 Å². The van der Waals surface area contributed by atoms with Crippen LogP contribution < -0.4 is 0 Å². The monoisotopic (exact) mass is 104 g/mol. The first-order valence-corrected chi connectivity index (χ1v) is 1.79. The summed E-state index contributed by atoms with van der Waals surface area (Å²) in [6.07, 6.45) is 0. The molecular formula is CH6B2O4. The molecule has 0 aliphatic carbocycles. The van der Waals surface area contributed by atoms with Crippen LogP contribution in [-0.4, -0.2) is 32.2 Å². The zero-order valence-corrected chi connectivity index (χ0v) is 3.83. The number of rotatable bonds is 4. The maximum absolute atomic E-state index is 7.91. The minimum absolute atomic E-state index is 0.0625. The molecule has 2 N–H and O–H groups in total. The standard InChI is InChI=1S/CH6B2O4/c4-2-6-1-7-3-5/h2-5H,1H2. The van der Waals surface area contributed by atoms with E-state index in [-0.39, 0.29) is 22.2 Å². The Morgan fingerprint density at radius 1 is 1.14 bits per heavy atom. The molecule has 7 heavy (non-hydrogen) atoms. The second-order valence-corrected chi connectivity index (χ2v) is 0.784. The lowest BCUT2D eigenvalue weighted by Crippen LogP contribution is -2.05. The van der Waals surface area contributed by atoms with E-state index < -0.39 is 0 Å². The van der Waals surface area contributed by atoms with E-state index in [1.54, 1.807) is 0 Å². The molecule has 6 heteroatoms. The Kier molecular flexibility index (Phi) is 5.94. The fourth-order valence-electron chi connectivity index (χ4n) is 0.133. The van der Waals surface area contributed by atoms with Crippen LogP contribution >= 0.6 is 0 Å². The van der Waals surface area contributed by atoms with Crippen LogP contribution in [0.3, 0.4) is 0 Å². The zero-order chi connectivity index (χ0) is 5.54. The molecule has 0 amide bonds. The van der Waals surface area contributed by atoms with Crippen LogP contribution in [0.15, 0.2) is 0 Å². The highest BCUT2D eigenvalue weighted by Crippen LogP contribution is 1.66. The zero-order valence-electron chi connectivity index (χ0n) is 3.83. The van der Waals surface area contributed by atoms with Crippen LogP contribution in [0.5, 0.6) is 0 Å². The van der Waals surface area contributed by atoms with Crippen molar-refractivity contribution >= 4 is 15.4 Å². The Morgan fingerprint density at radius 2 is 1.57 bits per heavy atom. The van der Waals surface area contributed by atoms with E-state index in [9.17, 15) is 0 Å². The summed E-state index contributed by atoms with van der Waals surface area (Å²) in [5, 5.41) is 15.8. The van der Waals surface area contributed by atoms with Gasteiger partial charge in [-0.15, -0.1) is 0 Å². The van der Waals surface area contributed by atoms with E-state index in [1.165, 1.54) is 0 Å². The summed E-state index contributed by atoms with van der Waals surface area (Å²) in [6, 6.07) is 0. The van der Waals surface area contributed by atoms with E-state index in [0.717, 1.165) is 0 Å². The van der Waals surface area contributed by atoms with E-state index >= 15 is 0 Å². The third-order valence-corrected chi connectivity index (χ3v) is 0.349. The molecule has 0 radical (unpaired) electrons. The van der Waals surface area contributed by atoms with Gasteiger partial charge in [0.2, 0.25) is 0 Å². The minimum Gasteiger partial charge on any atom is -0.430 e. The Hall–Kier alpha value is -0.0301. The van der Waals surface area contributed by atoms with Gasteiger partial charge < -0.3 is 19.4 Å². The predicted octanol–water partition coefficient (Wildman–Crippen LogP) is -2.51. The molecule has 0 aromatic carbocycles. The molecule has 4 nitrogen and oxygen atoms in total. The summed E-state index contributed by atoms with van der Waals surface area (Å²) in [5.41, 5.74) is 0. The van der Waals surface area contributed by atoms with Gasteiger partial charge in [0.25, 0.3) is 0 Å². The molecule has 0 saturated carbocycles. The molecule has 40 valence electrons. The molecule has 0 saturated heterocycles. The van der Waals surface area contributed by atoms with Crippen LogP contribution in [-0.2, 0) is 9.31 Å². The van der Waals surface area contributed by atoms with Crippen LogP contribution in [0.2, 0.25) is 0 Å². The fourth-order valence-corrected chi connectivity index (χ4v) is 0.133. The van der Waals surface area contributed by atoms with Crippen LogP contribution in [0.1, 0.15) is 0 Å². The van der Waals surface area contributed by atoms with Gasteiger partial charge in [-0.05, 0) is 0 Å². The Balaban J connectivity index is 2.45. The van der Waals surface area contributed by atoms with Gasteiger partial charge in [0.15, 0.2) is 0 Å². The fraction of sp³-hybridized carbons (Fsp3) is 1.00. The highest BCUT2D eigenvalue weighted by molar-refractivity contribution is 6.17. The van der Waals surface area contributed by atoms with E-state index in [1.807, 2.05) is 0 Å². The summed E-state index contributed by atoms with van der Waals surface area (Å²) in [7, 11) is -0.750. The van der Waals surface area contributed by atoms with Gasteiger partial charge in [-0.25, -0.2) is 0 Å². The summed E-state index contributed by atoms with van der Waals surface area (Å²) >= 11 is 0. The lowest BCUT2D eigenvalue weighted by Gasteiger charge is -1.94. The lowest BCUT2D eigenvalue weighted by atomic mass is 10.4. The molecule has 0 aromatic rings. The molecule has 0 aromatic heterocycles. The highest BCUT2D eigenvalue weighted by Gasteiger charge is 1.83. The van der Waals surface area contributed by atoms with Crippen molar-refractivity contribution in [2.75, 3.05) is 6.79 Å². The molecule has 0 fully saturated rings. The average Bonchev–Trinajstić information content (AvgIpc) is 1.69. The summed E-state index contributed by atoms with van der Waals surface area (Å²) in [6.45, 7) is -0.0625. The maximum Gasteiger partial charge on any atom is 0.436 e. The average molecular weight is 104 g/mol. The first-order valence-electron chi connectivity index (χ1n) is 1.79. The van der Waals surface area contributed by atoms with Crippen molar-refractivity contribution in [3.63, 3.8) is 0 Å². The van der Waals surface area contributed by atoms with Crippen molar-refractivity contribution in [1.29, 1.82) is 0 Å². The molecular weight excluding hydrogens is 97.6 g/mol. The van der Waals surface area contributed by atoms with Crippen LogP contribution in [0.25, 0.3) is 0 Å². The SMILES string of the molecule is OBOCOBO. The van der Waals surface area contributed by atoms with Gasteiger partial charge in [0, 0.05) is 0 Å². The predicted molar refractivity (Wildman–Crippen MR) is 25.8 cm³/mol. The van der Waals surface area contributed by atoms with Gasteiger partial charge in [0.05, 0.1) is 0 Å². The summed E-state index contributed by atoms with van der Waals surface area (Å²) in [5.74, 6) is 0. The highest BCUT2D eigenvalue weighted by atomic mass is 16.7. The third kappa shape index (κ3) is 5.97. The maximum atomic E-state index is 7.91. The van der Waals surface area contributed by atoms with E-state index in [4.69, 9.17) is 10.0 Å². The van der Waals surface area contributed by atoms with Gasteiger partial charge in [0.1, 0.15) is 6.79 Å². The summed E-state index contributed by atoms with van der Waals surface area (Å²) < 4.78 is 8.49. The Morgan fingerprint density at radius 3 is 1.86 bits per heavy atom. The summed E-state index contributed by atoms with van der Waals surface area (Å²) in [4.78, 5) is 0. The molecule has 0 unspecified atom stereocenters. The molecule has 0 aliphatic heterocycles. The molecule has 0 heterocycles. The van der Waals surface area contributed by atoms with Gasteiger partial charge in [-0.1, -0.05) is 0 Å². The molecule has 0 spiro atoms. The first-order chi connectivity index (χ1) is 3.41. The molecule has 0 atom stereocenters. The molecule has 0 rings (SSSR count). The van der Waals surface area contributed by atoms with Gasteiger partial charge in [-0.2, -0.15) is 0 Å². The van der Waals surface area contributed by atoms with Crippen LogP contribution in [0, 0.1) is 0 Å². The molecule has 0 bridgehead atoms. The quantitative estimate of drug-likeness (QED) is 0.235. The third-order valence-electron chi connectivity index (χ3n) is 0.349. The number of hydrogen-bond donors (Lipinski definition) is 2. The Bertz CT molecular complexity index is 28.9. The van der Waals surface area contributed by atoms with Crippen molar-refractivity contribution in [1.82, 2.24) is 0 Å². The normalized spacial score (nSPS) is 8.29. The topological polar surface area (TPSA) is 58.9 Å².